The number of benzene rings is 2. The first-order valence-electron chi connectivity index (χ1n) is 11.8. The summed E-state index contributed by atoms with van der Waals surface area (Å²) >= 11 is 0. The van der Waals surface area contributed by atoms with Crippen LogP contribution in [0, 0.1) is 5.92 Å². The predicted molar refractivity (Wildman–Crippen MR) is 121 cm³/mol. The van der Waals surface area contributed by atoms with Crippen LogP contribution >= 0.6 is 0 Å². The van der Waals surface area contributed by atoms with E-state index in [1.54, 1.807) is 4.90 Å². The van der Waals surface area contributed by atoms with Crippen LogP contribution in [0.3, 0.4) is 0 Å². The van der Waals surface area contributed by atoms with Crippen molar-refractivity contribution in [3.05, 3.63) is 59.3 Å². The molecule has 7 heteroatoms. The van der Waals surface area contributed by atoms with E-state index >= 15 is 0 Å². The summed E-state index contributed by atoms with van der Waals surface area (Å²) in [5.41, 5.74) is 4.07. The Balaban J connectivity index is 1.38. The third-order valence-corrected chi connectivity index (χ3v) is 7.40. The molecule has 33 heavy (non-hydrogen) atoms. The molecule has 4 heterocycles. The Kier molecular flexibility index (Phi) is 4.04. The number of amides is 2. The molecular formula is C26H25N3O4. The monoisotopic (exact) mass is 443 g/mol. The van der Waals surface area contributed by atoms with Crippen molar-refractivity contribution in [1.82, 2.24) is 14.8 Å². The van der Waals surface area contributed by atoms with E-state index < -0.39 is 6.04 Å². The van der Waals surface area contributed by atoms with Crippen LogP contribution in [0.4, 0.5) is 0 Å². The van der Waals surface area contributed by atoms with Gasteiger partial charge in [-0.3, -0.25) is 9.59 Å². The van der Waals surface area contributed by atoms with Gasteiger partial charge in [-0.05, 0) is 48.1 Å². The Morgan fingerprint density at radius 1 is 1.00 bits per heavy atom. The van der Waals surface area contributed by atoms with Crippen LogP contribution in [0.2, 0.25) is 0 Å². The van der Waals surface area contributed by atoms with Gasteiger partial charge in [-0.25, -0.2) is 0 Å². The zero-order valence-corrected chi connectivity index (χ0v) is 18.3. The number of nitrogens with zero attached hydrogens (tertiary/aromatic N) is 2. The highest BCUT2D eigenvalue weighted by Crippen LogP contribution is 2.45. The molecule has 168 valence electrons. The highest BCUT2D eigenvalue weighted by molar-refractivity contribution is 5.97. The van der Waals surface area contributed by atoms with Crippen molar-refractivity contribution in [2.24, 2.45) is 5.92 Å². The normalized spacial score (nSPS) is 24.1. The van der Waals surface area contributed by atoms with Crippen molar-refractivity contribution in [1.29, 1.82) is 0 Å². The Morgan fingerprint density at radius 3 is 2.67 bits per heavy atom. The standard InChI is InChI=1S/C26H25N3O4/c30-23-14-28(13-15-5-6-15)26(31)20-12-18-17-3-1-2-4-19(17)27-24(18)25(29(20)23)16-7-8-21-22(11-16)33-10-9-32-21/h1-4,7-8,11,15,20,25,27H,5-6,9-10,12-14H2. The average Bonchev–Trinajstić information content (AvgIpc) is 3.58. The molecular weight excluding hydrogens is 418 g/mol. The molecule has 2 fully saturated rings. The lowest BCUT2D eigenvalue weighted by molar-refractivity contribution is -0.158. The molecule has 3 aliphatic heterocycles. The van der Waals surface area contributed by atoms with Crippen molar-refractivity contribution in [2.75, 3.05) is 26.3 Å². The lowest BCUT2D eigenvalue weighted by Gasteiger charge is -2.47. The number of H-pyrrole nitrogens is 1. The summed E-state index contributed by atoms with van der Waals surface area (Å²) in [6.07, 6.45) is 2.84. The fraction of sp³-hybridized carbons (Fsp3) is 0.385. The average molecular weight is 444 g/mol. The Hall–Kier alpha value is -3.48. The summed E-state index contributed by atoms with van der Waals surface area (Å²) in [6.45, 7) is 1.88. The molecule has 4 aliphatic rings. The summed E-state index contributed by atoms with van der Waals surface area (Å²) in [5, 5.41) is 1.12. The summed E-state index contributed by atoms with van der Waals surface area (Å²) < 4.78 is 11.6. The second-order valence-electron chi connectivity index (χ2n) is 9.55. The maximum absolute atomic E-state index is 13.6. The number of fused-ring (bicyclic) bond motifs is 5. The zero-order chi connectivity index (χ0) is 22.1. The van der Waals surface area contributed by atoms with E-state index in [4.69, 9.17) is 9.47 Å². The van der Waals surface area contributed by atoms with Crippen LogP contribution in [-0.4, -0.2) is 58.9 Å². The van der Waals surface area contributed by atoms with Gasteiger partial charge in [0.05, 0.1) is 12.6 Å². The molecule has 1 N–H and O–H groups in total. The van der Waals surface area contributed by atoms with Gasteiger partial charge in [0.2, 0.25) is 11.8 Å². The van der Waals surface area contributed by atoms with Crippen molar-refractivity contribution < 1.29 is 19.1 Å². The molecule has 2 aromatic carbocycles. The summed E-state index contributed by atoms with van der Waals surface area (Å²) in [7, 11) is 0. The smallest absolute Gasteiger partial charge is 0.246 e. The number of aromatic nitrogens is 1. The van der Waals surface area contributed by atoms with Crippen LogP contribution < -0.4 is 9.47 Å². The Morgan fingerprint density at radius 2 is 1.82 bits per heavy atom. The fourth-order valence-corrected chi connectivity index (χ4v) is 5.67. The van der Waals surface area contributed by atoms with E-state index in [2.05, 4.69) is 17.1 Å². The highest BCUT2D eigenvalue weighted by atomic mass is 16.6. The van der Waals surface area contributed by atoms with E-state index in [0.29, 0.717) is 43.6 Å². The number of para-hydroxylation sites is 1. The fourth-order valence-electron chi connectivity index (χ4n) is 5.67. The topological polar surface area (TPSA) is 74.9 Å². The molecule has 1 saturated carbocycles. The molecule has 0 spiro atoms. The zero-order valence-electron chi connectivity index (χ0n) is 18.3. The first-order valence-corrected chi connectivity index (χ1v) is 11.8. The molecule has 0 bridgehead atoms. The molecule has 2 unspecified atom stereocenters. The van der Waals surface area contributed by atoms with Crippen molar-refractivity contribution in [3.8, 4) is 11.5 Å². The Bertz CT molecular complexity index is 1290. The summed E-state index contributed by atoms with van der Waals surface area (Å²) in [6, 6.07) is 13.2. The highest BCUT2D eigenvalue weighted by Gasteiger charge is 2.49. The van der Waals surface area contributed by atoms with Crippen LogP contribution in [0.1, 0.15) is 35.7 Å². The Labute approximate surface area is 191 Å². The SMILES string of the molecule is O=C1C2Cc3c([nH]c4ccccc34)C(c3ccc4c(c3)OCCO4)N2C(=O)CN1CC1CC1. The van der Waals surface area contributed by atoms with Gasteiger partial charge in [-0.2, -0.15) is 0 Å². The quantitative estimate of drug-likeness (QED) is 0.675. The molecule has 3 aromatic rings. The number of ether oxygens (including phenoxy) is 2. The van der Waals surface area contributed by atoms with Crippen LogP contribution in [0.25, 0.3) is 10.9 Å². The van der Waals surface area contributed by atoms with E-state index in [1.807, 2.05) is 35.2 Å². The molecule has 1 aromatic heterocycles. The van der Waals surface area contributed by atoms with Crippen LogP contribution in [0.15, 0.2) is 42.5 Å². The minimum absolute atomic E-state index is 0.00412. The lowest BCUT2D eigenvalue weighted by Crippen LogP contribution is -2.63. The van der Waals surface area contributed by atoms with E-state index in [9.17, 15) is 9.59 Å². The minimum Gasteiger partial charge on any atom is -0.486 e. The number of carbonyl (C=O) groups is 2. The van der Waals surface area contributed by atoms with Crippen LogP contribution in [0.5, 0.6) is 11.5 Å². The third kappa shape index (κ3) is 2.95. The molecule has 2 amide bonds. The van der Waals surface area contributed by atoms with Crippen molar-refractivity contribution >= 4 is 22.7 Å². The molecule has 2 atom stereocenters. The lowest BCUT2D eigenvalue weighted by atomic mass is 9.86. The first kappa shape index (κ1) is 19.0. The minimum atomic E-state index is -0.491. The second kappa shape index (κ2) is 7.01. The van der Waals surface area contributed by atoms with Gasteiger partial charge in [0, 0.05) is 29.6 Å². The van der Waals surface area contributed by atoms with E-state index in [1.165, 1.54) is 0 Å². The number of hydrogen-bond donors (Lipinski definition) is 1. The second-order valence-corrected chi connectivity index (χ2v) is 9.55. The molecule has 1 aliphatic carbocycles. The van der Waals surface area contributed by atoms with Gasteiger partial charge in [0.1, 0.15) is 19.3 Å². The van der Waals surface area contributed by atoms with Gasteiger partial charge < -0.3 is 24.3 Å². The molecule has 0 radical (unpaired) electrons. The van der Waals surface area contributed by atoms with Gasteiger partial charge >= 0.3 is 0 Å². The van der Waals surface area contributed by atoms with E-state index in [0.717, 1.165) is 40.6 Å². The van der Waals surface area contributed by atoms with Gasteiger partial charge in [-0.15, -0.1) is 0 Å². The maximum Gasteiger partial charge on any atom is 0.246 e. The van der Waals surface area contributed by atoms with Crippen molar-refractivity contribution in [3.63, 3.8) is 0 Å². The number of carbonyl (C=O) groups excluding carboxylic acids is 2. The molecule has 7 nitrogen and oxygen atoms in total. The third-order valence-electron chi connectivity index (χ3n) is 7.40. The van der Waals surface area contributed by atoms with Crippen LogP contribution in [-0.2, 0) is 16.0 Å². The maximum atomic E-state index is 13.6. The number of piperazine rings is 1. The molecule has 7 rings (SSSR count). The van der Waals surface area contributed by atoms with Crippen molar-refractivity contribution in [2.45, 2.75) is 31.3 Å². The van der Waals surface area contributed by atoms with E-state index in [-0.39, 0.29) is 24.4 Å². The van der Waals surface area contributed by atoms with Gasteiger partial charge in [-0.1, -0.05) is 24.3 Å². The van der Waals surface area contributed by atoms with Gasteiger partial charge in [0.25, 0.3) is 0 Å². The molecule has 1 saturated heterocycles. The number of hydrogen-bond acceptors (Lipinski definition) is 4. The van der Waals surface area contributed by atoms with Gasteiger partial charge in [0.15, 0.2) is 11.5 Å². The predicted octanol–water partition coefficient (Wildman–Crippen LogP) is 3.03. The number of aromatic amines is 1. The largest absolute Gasteiger partial charge is 0.486 e. The number of rotatable bonds is 3. The summed E-state index contributed by atoms with van der Waals surface area (Å²) in [5.74, 6) is 2.02. The number of nitrogens with one attached hydrogen (secondary N) is 1. The first-order chi connectivity index (χ1) is 16.2. The summed E-state index contributed by atoms with van der Waals surface area (Å²) in [4.78, 5) is 34.4.